The molecule has 0 aliphatic heterocycles. The molecule has 0 radical (unpaired) electrons. The second-order valence-corrected chi connectivity index (χ2v) is 6.55. The highest BCUT2D eigenvalue weighted by Gasteiger charge is 2.16. The first kappa shape index (κ1) is 15.4. The van der Waals surface area contributed by atoms with Crippen molar-refractivity contribution in [1.29, 1.82) is 0 Å². The fraction of sp³-hybridized carbons (Fsp3) is 0.571. The van der Waals surface area contributed by atoms with E-state index in [1.807, 2.05) is 18.2 Å². The van der Waals surface area contributed by atoms with Gasteiger partial charge in [0.2, 0.25) is 0 Å². The molecular weight excluding hydrogens is 377 g/mol. The Kier molecular flexibility index (Phi) is 6.19. The summed E-state index contributed by atoms with van der Waals surface area (Å²) in [5.74, 6) is 0. The molecule has 0 aromatic heterocycles. The number of hydrogen-bond donors (Lipinski definition) is 2. The Labute approximate surface area is 132 Å². The molecule has 1 atom stereocenters. The number of hydrogen-bond acceptors (Lipinski definition) is 3. The Hall–Kier alpha value is -0.0400. The summed E-state index contributed by atoms with van der Waals surface area (Å²) in [5.41, 5.74) is 0.849. The maximum Gasteiger partial charge on any atom is 0.0945 e. The van der Waals surface area contributed by atoms with Crippen LogP contribution in [0.15, 0.2) is 18.2 Å². The van der Waals surface area contributed by atoms with E-state index in [1.165, 1.54) is 12.8 Å². The van der Waals surface area contributed by atoms with Crippen molar-refractivity contribution >= 4 is 39.9 Å². The molecule has 1 aliphatic rings. The molecule has 1 fully saturated rings. The number of benzene rings is 1. The highest BCUT2D eigenvalue weighted by molar-refractivity contribution is 14.1. The Morgan fingerprint density at radius 2 is 2.16 bits per heavy atom. The van der Waals surface area contributed by atoms with Crippen molar-refractivity contribution in [3.05, 3.63) is 26.8 Å². The largest absolute Gasteiger partial charge is 0.389 e. The van der Waals surface area contributed by atoms with Gasteiger partial charge in [0.1, 0.15) is 0 Å². The number of halogens is 2. The number of ether oxygens (including phenoxy) is 1. The zero-order valence-corrected chi connectivity index (χ0v) is 13.7. The smallest absolute Gasteiger partial charge is 0.0945 e. The zero-order valence-electron chi connectivity index (χ0n) is 10.7. The monoisotopic (exact) mass is 395 g/mol. The Morgan fingerprint density at radius 3 is 2.84 bits per heavy atom. The van der Waals surface area contributed by atoms with Crippen LogP contribution >= 0.6 is 34.2 Å². The second-order valence-electron chi connectivity index (χ2n) is 4.90. The fourth-order valence-corrected chi connectivity index (χ4v) is 3.14. The maximum absolute atomic E-state index is 9.88. The third-order valence-corrected chi connectivity index (χ3v) is 4.27. The topological polar surface area (TPSA) is 41.5 Å². The predicted octanol–water partition coefficient (Wildman–Crippen LogP) is 3.68. The normalized spacial score (nSPS) is 17.6. The summed E-state index contributed by atoms with van der Waals surface area (Å²) in [6, 6.07) is 5.80. The van der Waals surface area contributed by atoms with Crippen molar-refractivity contribution in [2.24, 2.45) is 0 Å². The molecule has 19 heavy (non-hydrogen) atoms. The van der Waals surface area contributed by atoms with Crippen LogP contribution in [-0.4, -0.2) is 30.5 Å². The van der Waals surface area contributed by atoms with E-state index in [0.717, 1.165) is 22.1 Å². The van der Waals surface area contributed by atoms with Crippen LogP contribution in [0.4, 0.5) is 5.69 Å². The van der Waals surface area contributed by atoms with Gasteiger partial charge in [-0.2, -0.15) is 0 Å². The quantitative estimate of drug-likeness (QED) is 0.722. The first-order valence-corrected chi connectivity index (χ1v) is 8.09. The van der Waals surface area contributed by atoms with E-state index in [0.29, 0.717) is 24.3 Å². The van der Waals surface area contributed by atoms with Crippen LogP contribution in [-0.2, 0) is 4.74 Å². The van der Waals surface area contributed by atoms with Crippen molar-refractivity contribution in [3.8, 4) is 0 Å². The summed E-state index contributed by atoms with van der Waals surface area (Å²) in [6.07, 6.45) is 4.59. The molecule has 3 nitrogen and oxygen atoms in total. The minimum atomic E-state index is -0.504. The zero-order chi connectivity index (χ0) is 13.7. The van der Waals surface area contributed by atoms with Gasteiger partial charge in [0.05, 0.1) is 29.5 Å². The van der Waals surface area contributed by atoms with E-state index >= 15 is 0 Å². The molecule has 1 aliphatic carbocycles. The Balaban J connectivity index is 1.71. The molecule has 0 spiro atoms. The maximum atomic E-state index is 9.88. The van der Waals surface area contributed by atoms with E-state index in [2.05, 4.69) is 27.9 Å². The van der Waals surface area contributed by atoms with Gasteiger partial charge in [-0.05, 0) is 53.6 Å². The molecular formula is C14H19ClINO2. The lowest BCUT2D eigenvalue weighted by Gasteiger charge is -2.17. The van der Waals surface area contributed by atoms with Crippen LogP contribution in [0.25, 0.3) is 0 Å². The van der Waals surface area contributed by atoms with E-state index in [4.69, 9.17) is 16.3 Å². The minimum Gasteiger partial charge on any atom is -0.389 e. The van der Waals surface area contributed by atoms with Crippen molar-refractivity contribution < 1.29 is 9.84 Å². The lowest BCUT2D eigenvalue weighted by atomic mass is 10.3. The number of rotatable bonds is 6. The standard InChI is InChI=1S/C14H19ClINO2/c15-13-7-10(16)5-6-14(13)17-8-11(18)9-19-12-3-1-2-4-12/h5-7,11-12,17-18H,1-4,8-9H2. The van der Waals surface area contributed by atoms with E-state index in [1.54, 1.807) is 0 Å². The Morgan fingerprint density at radius 1 is 1.42 bits per heavy atom. The highest BCUT2D eigenvalue weighted by Crippen LogP contribution is 2.24. The fourth-order valence-electron chi connectivity index (χ4n) is 2.22. The minimum absolute atomic E-state index is 0.344. The summed E-state index contributed by atoms with van der Waals surface area (Å²) < 4.78 is 6.77. The SMILES string of the molecule is OC(CNc1ccc(I)cc1Cl)COC1CCCC1. The van der Waals surface area contributed by atoms with Gasteiger partial charge in [-0.25, -0.2) is 0 Å². The van der Waals surface area contributed by atoms with Crippen LogP contribution in [0, 0.1) is 3.57 Å². The van der Waals surface area contributed by atoms with Crippen molar-refractivity contribution in [2.75, 3.05) is 18.5 Å². The van der Waals surface area contributed by atoms with Gasteiger partial charge in [0, 0.05) is 10.1 Å². The van der Waals surface area contributed by atoms with Crippen LogP contribution in [0.5, 0.6) is 0 Å². The summed E-state index contributed by atoms with van der Waals surface area (Å²) in [6.45, 7) is 0.840. The van der Waals surface area contributed by atoms with Gasteiger partial charge in [0.15, 0.2) is 0 Å². The Bertz CT molecular complexity index is 410. The third-order valence-electron chi connectivity index (χ3n) is 3.29. The molecule has 2 rings (SSSR count). The second kappa shape index (κ2) is 7.67. The molecule has 0 bridgehead atoms. The highest BCUT2D eigenvalue weighted by atomic mass is 127. The first-order chi connectivity index (χ1) is 9.15. The average molecular weight is 396 g/mol. The molecule has 0 amide bonds. The summed E-state index contributed by atoms with van der Waals surface area (Å²) in [4.78, 5) is 0. The van der Waals surface area contributed by atoms with E-state index in [9.17, 15) is 5.11 Å². The third kappa shape index (κ3) is 5.10. The van der Waals surface area contributed by atoms with Gasteiger partial charge in [-0.3, -0.25) is 0 Å². The lowest BCUT2D eigenvalue weighted by Crippen LogP contribution is -2.27. The molecule has 0 saturated heterocycles. The predicted molar refractivity (Wildman–Crippen MR) is 86.9 cm³/mol. The summed E-state index contributed by atoms with van der Waals surface area (Å²) in [7, 11) is 0. The van der Waals surface area contributed by atoms with Gasteiger partial charge in [-0.1, -0.05) is 24.4 Å². The van der Waals surface area contributed by atoms with Crippen LogP contribution in [0.1, 0.15) is 25.7 Å². The van der Waals surface area contributed by atoms with Gasteiger partial charge >= 0.3 is 0 Å². The van der Waals surface area contributed by atoms with Gasteiger partial charge in [-0.15, -0.1) is 0 Å². The first-order valence-electron chi connectivity index (χ1n) is 6.64. The molecule has 5 heteroatoms. The molecule has 1 aromatic rings. The molecule has 1 aromatic carbocycles. The van der Waals surface area contributed by atoms with Gasteiger partial charge in [0.25, 0.3) is 0 Å². The van der Waals surface area contributed by atoms with Crippen LogP contribution < -0.4 is 5.32 Å². The molecule has 106 valence electrons. The van der Waals surface area contributed by atoms with Gasteiger partial charge < -0.3 is 15.2 Å². The summed E-state index contributed by atoms with van der Waals surface area (Å²) in [5, 5.41) is 13.7. The molecule has 1 unspecified atom stereocenters. The number of aliphatic hydroxyl groups is 1. The number of anilines is 1. The van der Waals surface area contributed by atoms with Crippen LogP contribution in [0.2, 0.25) is 5.02 Å². The van der Waals surface area contributed by atoms with Crippen molar-refractivity contribution in [2.45, 2.75) is 37.9 Å². The van der Waals surface area contributed by atoms with E-state index in [-0.39, 0.29) is 0 Å². The van der Waals surface area contributed by atoms with Crippen molar-refractivity contribution in [3.63, 3.8) is 0 Å². The molecule has 2 N–H and O–H groups in total. The van der Waals surface area contributed by atoms with Crippen LogP contribution in [0.3, 0.4) is 0 Å². The molecule has 1 saturated carbocycles. The number of aliphatic hydroxyl groups excluding tert-OH is 1. The lowest BCUT2D eigenvalue weighted by molar-refractivity contribution is -0.00117. The summed E-state index contributed by atoms with van der Waals surface area (Å²) >= 11 is 8.33. The van der Waals surface area contributed by atoms with Crippen molar-refractivity contribution in [1.82, 2.24) is 0 Å². The molecule has 0 heterocycles. The van der Waals surface area contributed by atoms with E-state index < -0.39 is 6.10 Å². The average Bonchev–Trinajstić information content (AvgIpc) is 2.88. The number of nitrogens with one attached hydrogen (secondary N) is 1.